The molecular weight excluding hydrogens is 316 g/mol. The number of nitriles is 1. The van der Waals surface area contributed by atoms with Gasteiger partial charge in [0.15, 0.2) is 5.13 Å². The summed E-state index contributed by atoms with van der Waals surface area (Å²) in [4.78, 5) is 10.2. The van der Waals surface area contributed by atoms with Crippen LogP contribution in [-0.2, 0) is 0 Å². The summed E-state index contributed by atoms with van der Waals surface area (Å²) in [5, 5.41) is 9.67. The number of nitrogen functional groups attached to an aromatic ring is 1. The van der Waals surface area contributed by atoms with Crippen LogP contribution in [0.25, 0.3) is 21.7 Å². The second-order valence-electron chi connectivity index (χ2n) is 6.12. The Hall–Kier alpha value is -2.71. The molecule has 0 amide bonds. The third kappa shape index (κ3) is 2.77. The lowest BCUT2D eigenvalue weighted by atomic mass is 10.0. The number of nitrogens with two attached hydrogens (primary N) is 1. The van der Waals surface area contributed by atoms with E-state index in [9.17, 15) is 0 Å². The molecule has 0 spiro atoms. The molecule has 2 N–H and O–H groups in total. The highest BCUT2D eigenvalue weighted by Gasteiger charge is 2.26. The Labute approximate surface area is 144 Å². The van der Waals surface area contributed by atoms with E-state index >= 15 is 0 Å². The number of pyridine rings is 1. The Kier molecular flexibility index (Phi) is 3.55. The minimum absolute atomic E-state index is 0.532. The van der Waals surface area contributed by atoms with Crippen LogP contribution in [0.1, 0.15) is 35.7 Å². The summed E-state index contributed by atoms with van der Waals surface area (Å²) in [7, 11) is 0. The van der Waals surface area contributed by atoms with E-state index in [1.54, 1.807) is 6.07 Å². The van der Waals surface area contributed by atoms with E-state index in [2.05, 4.69) is 28.2 Å². The van der Waals surface area contributed by atoms with Gasteiger partial charge in [0.05, 0.1) is 22.2 Å². The fourth-order valence-electron chi connectivity index (χ4n) is 2.88. The number of hydrogen-bond donors (Lipinski definition) is 1. The van der Waals surface area contributed by atoms with Crippen molar-refractivity contribution in [3.8, 4) is 27.8 Å². The molecule has 0 aliphatic heterocycles. The van der Waals surface area contributed by atoms with Crippen LogP contribution in [0, 0.1) is 18.3 Å². The molecule has 118 valence electrons. The van der Waals surface area contributed by atoms with Gasteiger partial charge in [-0.3, -0.25) is 4.98 Å². The molecule has 24 heavy (non-hydrogen) atoms. The first kappa shape index (κ1) is 14.9. The summed E-state index contributed by atoms with van der Waals surface area (Å²) in [6, 6.07) is 13.9. The van der Waals surface area contributed by atoms with Gasteiger partial charge in [0.25, 0.3) is 0 Å². The van der Waals surface area contributed by atoms with Gasteiger partial charge < -0.3 is 5.73 Å². The van der Waals surface area contributed by atoms with Crippen LogP contribution in [-0.4, -0.2) is 9.97 Å². The first-order valence-corrected chi connectivity index (χ1v) is 8.71. The van der Waals surface area contributed by atoms with Gasteiger partial charge in [-0.2, -0.15) is 5.26 Å². The molecule has 1 saturated carbocycles. The quantitative estimate of drug-likeness (QED) is 0.765. The van der Waals surface area contributed by atoms with Crippen molar-refractivity contribution in [3.05, 3.63) is 53.3 Å². The fraction of sp³-hybridized carbons (Fsp3) is 0.211. The molecule has 0 saturated heterocycles. The normalized spacial score (nSPS) is 13.7. The highest BCUT2D eigenvalue weighted by atomic mass is 32.1. The van der Waals surface area contributed by atoms with E-state index in [1.165, 1.54) is 24.2 Å². The minimum Gasteiger partial charge on any atom is -0.375 e. The molecule has 4 nitrogen and oxygen atoms in total. The van der Waals surface area contributed by atoms with Crippen LogP contribution in [0.5, 0.6) is 0 Å². The molecule has 2 aromatic heterocycles. The van der Waals surface area contributed by atoms with Crippen LogP contribution in [0.4, 0.5) is 5.13 Å². The van der Waals surface area contributed by atoms with E-state index in [0.29, 0.717) is 16.6 Å². The Morgan fingerprint density at radius 3 is 2.75 bits per heavy atom. The Bertz CT molecular complexity index is 964. The summed E-state index contributed by atoms with van der Waals surface area (Å²) in [5.74, 6) is 0.597. The summed E-state index contributed by atoms with van der Waals surface area (Å²) < 4.78 is 0. The molecule has 0 radical (unpaired) electrons. The largest absolute Gasteiger partial charge is 0.375 e. The molecule has 1 aliphatic carbocycles. The molecule has 0 unspecified atom stereocenters. The van der Waals surface area contributed by atoms with Crippen LogP contribution in [0.3, 0.4) is 0 Å². The lowest BCUT2D eigenvalue weighted by molar-refractivity contribution is 0.996. The smallest absolute Gasteiger partial charge is 0.181 e. The topological polar surface area (TPSA) is 75.6 Å². The Balaban J connectivity index is 1.86. The van der Waals surface area contributed by atoms with E-state index < -0.39 is 0 Å². The minimum atomic E-state index is 0.532. The van der Waals surface area contributed by atoms with E-state index in [4.69, 9.17) is 11.0 Å². The van der Waals surface area contributed by atoms with Gasteiger partial charge in [0.1, 0.15) is 0 Å². The molecule has 1 fully saturated rings. The summed E-state index contributed by atoms with van der Waals surface area (Å²) in [6.45, 7) is 2.02. The predicted molar refractivity (Wildman–Crippen MR) is 96.6 cm³/mol. The molecule has 1 aliphatic rings. The second kappa shape index (κ2) is 5.73. The van der Waals surface area contributed by atoms with Crippen LogP contribution >= 0.6 is 11.3 Å². The van der Waals surface area contributed by atoms with Crippen molar-refractivity contribution in [2.45, 2.75) is 25.7 Å². The number of aryl methyl sites for hydroxylation is 1. The zero-order valence-electron chi connectivity index (χ0n) is 13.3. The third-order valence-corrected chi connectivity index (χ3v) is 5.07. The van der Waals surface area contributed by atoms with Crippen LogP contribution < -0.4 is 5.73 Å². The summed E-state index contributed by atoms with van der Waals surface area (Å²) in [5.41, 5.74) is 11.7. The average Bonchev–Trinajstić information content (AvgIpc) is 3.36. The molecule has 3 aromatic rings. The lowest BCUT2D eigenvalue weighted by Crippen LogP contribution is -1.92. The zero-order valence-corrected chi connectivity index (χ0v) is 14.1. The van der Waals surface area contributed by atoms with Crippen molar-refractivity contribution in [1.82, 2.24) is 9.97 Å². The second-order valence-corrected chi connectivity index (χ2v) is 7.15. The number of rotatable bonds is 3. The number of anilines is 1. The monoisotopic (exact) mass is 332 g/mol. The van der Waals surface area contributed by atoms with Gasteiger partial charge in [0, 0.05) is 22.9 Å². The zero-order chi connectivity index (χ0) is 16.7. The van der Waals surface area contributed by atoms with Gasteiger partial charge >= 0.3 is 0 Å². The van der Waals surface area contributed by atoms with E-state index in [0.717, 1.165) is 33.1 Å². The number of thiazole rings is 1. The van der Waals surface area contributed by atoms with Crippen molar-refractivity contribution >= 4 is 16.5 Å². The number of benzene rings is 1. The maximum atomic E-state index is 9.14. The van der Waals surface area contributed by atoms with Gasteiger partial charge in [-0.25, -0.2) is 4.98 Å². The van der Waals surface area contributed by atoms with Gasteiger partial charge in [0.2, 0.25) is 0 Å². The maximum absolute atomic E-state index is 9.14. The highest BCUT2D eigenvalue weighted by molar-refractivity contribution is 7.19. The molecule has 0 atom stereocenters. The van der Waals surface area contributed by atoms with Gasteiger partial charge in [-0.1, -0.05) is 23.5 Å². The molecule has 1 aromatic carbocycles. The molecule has 4 rings (SSSR count). The van der Waals surface area contributed by atoms with Gasteiger partial charge in [-0.05, 0) is 49.6 Å². The van der Waals surface area contributed by atoms with Crippen molar-refractivity contribution in [3.63, 3.8) is 0 Å². The van der Waals surface area contributed by atoms with Crippen molar-refractivity contribution in [2.75, 3.05) is 5.73 Å². The van der Waals surface area contributed by atoms with Crippen molar-refractivity contribution in [2.24, 2.45) is 0 Å². The van der Waals surface area contributed by atoms with Crippen LogP contribution in [0.2, 0.25) is 0 Å². The predicted octanol–water partition coefficient (Wildman–Crippen LogP) is 4.51. The van der Waals surface area contributed by atoms with Crippen LogP contribution in [0.15, 0.2) is 36.4 Å². The molecular formula is C19H16N4S. The van der Waals surface area contributed by atoms with Gasteiger partial charge in [-0.15, -0.1) is 0 Å². The maximum Gasteiger partial charge on any atom is 0.181 e. The first-order valence-electron chi connectivity index (χ1n) is 7.90. The first-order chi connectivity index (χ1) is 11.6. The Morgan fingerprint density at radius 2 is 2.00 bits per heavy atom. The summed E-state index contributed by atoms with van der Waals surface area (Å²) in [6.07, 6.45) is 2.44. The standard InChI is InChI=1S/C19H16N4S/c1-11-7-15(9-16(22-11)13-5-6-13)18-17(23-19(21)24-18)14-4-2-3-12(8-14)10-20/h2-4,7-9,13H,5-6H2,1H3,(H2,21,23). The molecule has 2 heterocycles. The Morgan fingerprint density at radius 1 is 1.17 bits per heavy atom. The number of hydrogen-bond acceptors (Lipinski definition) is 5. The van der Waals surface area contributed by atoms with Crippen molar-refractivity contribution < 1.29 is 0 Å². The van der Waals surface area contributed by atoms with Crippen molar-refractivity contribution in [1.29, 1.82) is 5.26 Å². The SMILES string of the molecule is Cc1cc(-c2sc(N)nc2-c2cccc(C#N)c2)cc(C2CC2)n1. The number of aromatic nitrogens is 2. The molecule has 0 bridgehead atoms. The summed E-state index contributed by atoms with van der Waals surface area (Å²) >= 11 is 1.48. The van der Waals surface area contributed by atoms with E-state index in [-0.39, 0.29) is 0 Å². The van der Waals surface area contributed by atoms with E-state index in [1.807, 2.05) is 25.1 Å². The highest BCUT2D eigenvalue weighted by Crippen LogP contribution is 2.43. The molecule has 5 heteroatoms. The lowest BCUT2D eigenvalue weighted by Gasteiger charge is -2.07. The number of nitrogens with zero attached hydrogens (tertiary/aromatic N) is 3. The fourth-order valence-corrected chi connectivity index (χ4v) is 3.72. The average molecular weight is 332 g/mol. The third-order valence-electron chi connectivity index (χ3n) is 4.14.